The molecule has 98 valence electrons. The summed E-state index contributed by atoms with van der Waals surface area (Å²) in [7, 11) is 0. The fourth-order valence-corrected chi connectivity index (χ4v) is 1.63. The standard InChI is InChI=1S/C10H9Cl3N2O3/c1-4(9(16)17)14-10(18)15-8-3-6(12)5(11)2-7(8)13/h2-4H,1H3,(H,16,17)(H2,14,15,18). The molecule has 1 atom stereocenters. The molecule has 1 rings (SSSR count). The first kappa shape index (κ1) is 14.9. The second-order valence-corrected chi connectivity index (χ2v) is 4.63. The first-order valence-corrected chi connectivity index (χ1v) is 5.89. The summed E-state index contributed by atoms with van der Waals surface area (Å²) in [6.07, 6.45) is 0. The monoisotopic (exact) mass is 310 g/mol. The molecule has 5 nitrogen and oxygen atoms in total. The molecule has 0 bridgehead atoms. The van der Waals surface area contributed by atoms with Crippen molar-refractivity contribution in [2.45, 2.75) is 13.0 Å². The Morgan fingerprint density at radius 2 is 1.72 bits per heavy atom. The number of halogens is 3. The summed E-state index contributed by atoms with van der Waals surface area (Å²) in [6, 6.07) is 1.02. The second-order valence-electron chi connectivity index (χ2n) is 3.40. The van der Waals surface area contributed by atoms with E-state index in [4.69, 9.17) is 39.9 Å². The quantitative estimate of drug-likeness (QED) is 0.750. The number of carbonyl (C=O) groups excluding carboxylic acids is 1. The maximum absolute atomic E-state index is 11.5. The lowest BCUT2D eigenvalue weighted by molar-refractivity contribution is -0.138. The number of rotatable bonds is 3. The van der Waals surface area contributed by atoms with Gasteiger partial charge >= 0.3 is 12.0 Å². The van der Waals surface area contributed by atoms with Gasteiger partial charge in [0.2, 0.25) is 0 Å². The molecule has 0 radical (unpaired) electrons. The molecule has 2 amide bonds. The molecule has 0 saturated heterocycles. The minimum Gasteiger partial charge on any atom is -0.480 e. The summed E-state index contributed by atoms with van der Waals surface area (Å²) in [5.74, 6) is -1.15. The molecule has 0 fully saturated rings. The van der Waals surface area contributed by atoms with Crippen LogP contribution in [0.5, 0.6) is 0 Å². The van der Waals surface area contributed by atoms with Crippen molar-refractivity contribution >= 4 is 52.5 Å². The Kier molecular flexibility index (Phi) is 5.07. The van der Waals surface area contributed by atoms with Gasteiger partial charge in [-0.2, -0.15) is 0 Å². The van der Waals surface area contributed by atoms with Gasteiger partial charge in [0.05, 0.1) is 20.8 Å². The van der Waals surface area contributed by atoms with E-state index < -0.39 is 18.0 Å². The van der Waals surface area contributed by atoms with Crippen LogP contribution in [0, 0.1) is 0 Å². The Hall–Kier alpha value is -1.17. The topological polar surface area (TPSA) is 78.4 Å². The summed E-state index contributed by atoms with van der Waals surface area (Å²) in [6.45, 7) is 1.33. The lowest BCUT2D eigenvalue weighted by Crippen LogP contribution is -2.40. The van der Waals surface area contributed by atoms with E-state index in [-0.39, 0.29) is 20.8 Å². The average Bonchev–Trinajstić information content (AvgIpc) is 2.25. The molecule has 1 unspecified atom stereocenters. The second kappa shape index (κ2) is 6.13. The highest BCUT2D eigenvalue weighted by Gasteiger charge is 2.15. The molecule has 0 heterocycles. The number of hydrogen-bond donors (Lipinski definition) is 3. The number of nitrogens with one attached hydrogen (secondary N) is 2. The van der Waals surface area contributed by atoms with Gasteiger partial charge in [-0.15, -0.1) is 0 Å². The molecule has 0 aliphatic rings. The zero-order chi connectivity index (χ0) is 13.9. The zero-order valence-corrected chi connectivity index (χ0v) is 11.4. The summed E-state index contributed by atoms with van der Waals surface area (Å²) >= 11 is 17.3. The fraction of sp³-hybridized carbons (Fsp3) is 0.200. The normalized spacial score (nSPS) is 11.8. The third-order valence-corrected chi connectivity index (χ3v) is 3.01. The number of urea groups is 1. The van der Waals surface area contributed by atoms with Crippen molar-refractivity contribution in [2.24, 2.45) is 0 Å². The van der Waals surface area contributed by atoms with Crippen LogP contribution in [0.1, 0.15) is 6.92 Å². The smallest absolute Gasteiger partial charge is 0.325 e. The van der Waals surface area contributed by atoms with Crippen LogP contribution in [-0.4, -0.2) is 23.1 Å². The SMILES string of the molecule is CC(NC(=O)Nc1cc(Cl)c(Cl)cc1Cl)C(=O)O. The summed E-state index contributed by atoms with van der Waals surface area (Å²) in [4.78, 5) is 22.0. The van der Waals surface area contributed by atoms with Gasteiger partial charge in [-0.3, -0.25) is 4.79 Å². The van der Waals surface area contributed by atoms with Crippen LogP contribution in [0.15, 0.2) is 12.1 Å². The van der Waals surface area contributed by atoms with Crippen molar-refractivity contribution in [3.63, 3.8) is 0 Å². The Balaban J connectivity index is 2.76. The summed E-state index contributed by atoms with van der Waals surface area (Å²) in [5.41, 5.74) is 0.237. The van der Waals surface area contributed by atoms with Crippen LogP contribution in [0.4, 0.5) is 10.5 Å². The Morgan fingerprint density at radius 3 is 2.28 bits per heavy atom. The number of anilines is 1. The molecule has 0 aliphatic heterocycles. The highest BCUT2D eigenvalue weighted by molar-refractivity contribution is 6.44. The lowest BCUT2D eigenvalue weighted by atomic mass is 10.3. The van der Waals surface area contributed by atoms with Crippen molar-refractivity contribution in [2.75, 3.05) is 5.32 Å². The maximum Gasteiger partial charge on any atom is 0.325 e. The van der Waals surface area contributed by atoms with Gasteiger partial charge in [0.1, 0.15) is 6.04 Å². The number of hydrogen-bond acceptors (Lipinski definition) is 2. The highest BCUT2D eigenvalue weighted by Crippen LogP contribution is 2.32. The summed E-state index contributed by atoms with van der Waals surface area (Å²) in [5, 5.41) is 13.9. The number of carboxylic acids is 1. The number of carboxylic acid groups (broad SMARTS) is 1. The largest absolute Gasteiger partial charge is 0.480 e. The Labute approximate surface area is 118 Å². The van der Waals surface area contributed by atoms with Crippen molar-refractivity contribution in [3.8, 4) is 0 Å². The first-order chi connectivity index (χ1) is 8.31. The van der Waals surface area contributed by atoms with Gasteiger partial charge < -0.3 is 15.7 Å². The van der Waals surface area contributed by atoms with E-state index in [0.717, 1.165) is 0 Å². The number of benzene rings is 1. The number of amides is 2. The minimum atomic E-state index is -1.15. The van der Waals surface area contributed by atoms with Gasteiger partial charge in [0, 0.05) is 0 Å². The molecular formula is C10H9Cl3N2O3. The van der Waals surface area contributed by atoms with Crippen molar-refractivity contribution in [1.29, 1.82) is 0 Å². The van der Waals surface area contributed by atoms with Crippen LogP contribution in [-0.2, 0) is 4.79 Å². The predicted molar refractivity (Wildman–Crippen MR) is 70.7 cm³/mol. The van der Waals surface area contributed by atoms with E-state index in [9.17, 15) is 9.59 Å². The molecule has 3 N–H and O–H groups in total. The first-order valence-electron chi connectivity index (χ1n) is 4.76. The Bertz CT molecular complexity index is 494. The molecule has 1 aromatic carbocycles. The molecule has 1 aromatic rings. The van der Waals surface area contributed by atoms with Crippen LogP contribution in [0.2, 0.25) is 15.1 Å². The van der Waals surface area contributed by atoms with E-state index >= 15 is 0 Å². The van der Waals surface area contributed by atoms with Gasteiger partial charge in [-0.25, -0.2) is 4.79 Å². The van der Waals surface area contributed by atoms with Crippen LogP contribution in [0.3, 0.4) is 0 Å². The van der Waals surface area contributed by atoms with Crippen LogP contribution < -0.4 is 10.6 Å². The minimum absolute atomic E-state index is 0.197. The van der Waals surface area contributed by atoms with Crippen molar-refractivity contribution in [3.05, 3.63) is 27.2 Å². The van der Waals surface area contributed by atoms with Gasteiger partial charge in [0.25, 0.3) is 0 Å². The van der Waals surface area contributed by atoms with Crippen molar-refractivity contribution in [1.82, 2.24) is 5.32 Å². The van der Waals surface area contributed by atoms with E-state index in [2.05, 4.69) is 10.6 Å². The van der Waals surface area contributed by atoms with Gasteiger partial charge in [-0.1, -0.05) is 34.8 Å². The van der Waals surface area contributed by atoms with Gasteiger partial charge in [-0.05, 0) is 19.1 Å². The van der Waals surface area contributed by atoms with Gasteiger partial charge in [0.15, 0.2) is 0 Å². The molecule has 0 spiro atoms. The molecule has 0 aromatic heterocycles. The average molecular weight is 312 g/mol. The molecule has 0 aliphatic carbocycles. The molecule has 0 saturated carbocycles. The maximum atomic E-state index is 11.5. The van der Waals surface area contributed by atoms with E-state index in [0.29, 0.717) is 0 Å². The number of aliphatic carboxylic acids is 1. The fourth-order valence-electron chi connectivity index (χ4n) is 1.04. The molecule has 18 heavy (non-hydrogen) atoms. The molecule has 8 heteroatoms. The third kappa shape index (κ3) is 3.94. The van der Waals surface area contributed by atoms with E-state index in [1.54, 1.807) is 0 Å². The zero-order valence-electron chi connectivity index (χ0n) is 9.13. The van der Waals surface area contributed by atoms with Crippen LogP contribution in [0.25, 0.3) is 0 Å². The van der Waals surface area contributed by atoms with E-state index in [1.165, 1.54) is 19.1 Å². The van der Waals surface area contributed by atoms with Crippen molar-refractivity contribution < 1.29 is 14.7 Å². The highest BCUT2D eigenvalue weighted by atomic mass is 35.5. The lowest BCUT2D eigenvalue weighted by Gasteiger charge is -2.12. The molecular weight excluding hydrogens is 302 g/mol. The number of carbonyl (C=O) groups is 2. The predicted octanol–water partition coefficient (Wildman–Crippen LogP) is 3.24. The van der Waals surface area contributed by atoms with E-state index in [1.807, 2.05) is 0 Å². The van der Waals surface area contributed by atoms with Crippen LogP contribution >= 0.6 is 34.8 Å². The Morgan fingerprint density at radius 1 is 1.17 bits per heavy atom. The summed E-state index contributed by atoms with van der Waals surface area (Å²) < 4.78 is 0. The third-order valence-electron chi connectivity index (χ3n) is 1.98.